The summed E-state index contributed by atoms with van der Waals surface area (Å²) in [6.07, 6.45) is 10.2. The highest BCUT2D eigenvalue weighted by molar-refractivity contribution is 5.72. The van der Waals surface area contributed by atoms with Gasteiger partial charge in [0.05, 0.1) is 0 Å². The Kier molecular flexibility index (Phi) is 15.7. The van der Waals surface area contributed by atoms with E-state index in [0.717, 1.165) is 97.9 Å². The van der Waals surface area contributed by atoms with Gasteiger partial charge in [-0.2, -0.15) is 0 Å². The average Bonchev–Trinajstić information content (AvgIpc) is 3.17. The molecular weight excluding hydrogens is 786 g/mol. The molecule has 2 aliphatic rings. The summed E-state index contributed by atoms with van der Waals surface area (Å²) >= 11 is 0. The number of benzene rings is 4. The zero-order chi connectivity index (χ0) is 42.7. The molecule has 0 aliphatic heterocycles. The Bertz CT molecular complexity index is 2110. The molecule has 0 radical (unpaired) electrons. The van der Waals surface area contributed by atoms with Crippen LogP contribution in [0.15, 0.2) is 71.8 Å². The van der Waals surface area contributed by atoms with Crippen LogP contribution in [0.5, 0.6) is 11.5 Å². The molecular formula is C47H48F10O2. The summed E-state index contributed by atoms with van der Waals surface area (Å²) < 4.78 is 138. The molecule has 59 heavy (non-hydrogen) atoms. The molecule has 2 nitrogen and oxygen atoms in total. The molecule has 0 atom stereocenters. The predicted molar refractivity (Wildman–Crippen MR) is 212 cm³/mol. The van der Waals surface area contributed by atoms with Gasteiger partial charge >= 0.3 is 12.7 Å². The number of allylic oxidation sites excluding steroid dienone is 2. The number of hydrogen-bond donors (Lipinski definition) is 0. The minimum atomic E-state index is -4.99. The fraction of sp³-hybridized carbons (Fsp3) is 0.404. The molecule has 0 fully saturated rings. The first-order valence-corrected chi connectivity index (χ1v) is 20.2. The van der Waals surface area contributed by atoms with Crippen LogP contribution in [0.25, 0.3) is 34.4 Å². The number of aryl methyl sites for hydroxylation is 2. The van der Waals surface area contributed by atoms with Gasteiger partial charge in [0.1, 0.15) is 11.6 Å². The van der Waals surface area contributed by atoms with E-state index >= 15 is 0 Å². The van der Waals surface area contributed by atoms with E-state index in [-0.39, 0.29) is 22.3 Å². The topological polar surface area (TPSA) is 18.5 Å². The van der Waals surface area contributed by atoms with Crippen LogP contribution >= 0.6 is 0 Å². The van der Waals surface area contributed by atoms with Crippen molar-refractivity contribution in [3.63, 3.8) is 0 Å². The van der Waals surface area contributed by atoms with Crippen LogP contribution in [0.3, 0.4) is 0 Å². The van der Waals surface area contributed by atoms with Crippen LogP contribution in [0.1, 0.15) is 120 Å². The quantitative estimate of drug-likeness (QED) is 0.0877. The van der Waals surface area contributed by atoms with E-state index in [4.69, 9.17) is 0 Å². The van der Waals surface area contributed by atoms with Gasteiger partial charge in [-0.25, -0.2) is 17.6 Å². The van der Waals surface area contributed by atoms with Crippen LogP contribution < -0.4 is 9.47 Å². The molecule has 0 amide bonds. The van der Waals surface area contributed by atoms with E-state index in [2.05, 4.69) is 23.3 Å². The average molecular weight is 835 g/mol. The van der Waals surface area contributed by atoms with Crippen LogP contribution in [0.4, 0.5) is 43.9 Å². The largest absolute Gasteiger partial charge is 0.573 e. The Hall–Kier alpha value is -4.74. The van der Waals surface area contributed by atoms with E-state index in [1.54, 1.807) is 12.1 Å². The van der Waals surface area contributed by atoms with Crippen molar-refractivity contribution in [3.05, 3.63) is 117 Å². The lowest BCUT2D eigenvalue weighted by atomic mass is 9.87. The van der Waals surface area contributed by atoms with Gasteiger partial charge in [0.25, 0.3) is 0 Å². The summed E-state index contributed by atoms with van der Waals surface area (Å²) in [5.41, 5.74) is 6.85. The molecule has 0 bridgehead atoms. The number of fused-ring (bicyclic) bond motifs is 2. The molecule has 0 aromatic heterocycles. The zero-order valence-corrected chi connectivity index (χ0v) is 33.1. The predicted octanol–water partition coefficient (Wildman–Crippen LogP) is 16.1. The zero-order valence-electron chi connectivity index (χ0n) is 33.1. The second-order valence-electron chi connectivity index (χ2n) is 15.0. The van der Waals surface area contributed by atoms with E-state index in [1.165, 1.54) is 80.4 Å². The molecule has 0 saturated heterocycles. The summed E-state index contributed by atoms with van der Waals surface area (Å²) in [4.78, 5) is 0. The normalized spacial score (nSPS) is 13.8. The molecule has 0 unspecified atom stereocenters. The van der Waals surface area contributed by atoms with Gasteiger partial charge in [-0.1, -0.05) is 94.2 Å². The molecule has 4 aromatic rings. The number of unbranched alkanes of at least 4 members (excludes halogenated alkanes) is 7. The first kappa shape index (κ1) is 45.3. The van der Waals surface area contributed by atoms with Crippen LogP contribution in [-0.4, -0.2) is 12.7 Å². The lowest BCUT2D eigenvalue weighted by Gasteiger charge is -2.19. The van der Waals surface area contributed by atoms with Crippen molar-refractivity contribution in [2.75, 3.05) is 0 Å². The maximum absolute atomic E-state index is 14.7. The summed E-state index contributed by atoms with van der Waals surface area (Å²) in [6.45, 7) is 4.35. The summed E-state index contributed by atoms with van der Waals surface area (Å²) in [7, 11) is 0. The third-order valence-electron chi connectivity index (χ3n) is 10.5. The van der Waals surface area contributed by atoms with Crippen molar-refractivity contribution in [2.24, 2.45) is 0 Å². The molecule has 0 N–H and O–H groups in total. The van der Waals surface area contributed by atoms with E-state index in [1.807, 2.05) is 12.2 Å². The first-order valence-electron chi connectivity index (χ1n) is 20.2. The smallest absolute Gasteiger partial charge is 0.403 e. The SMILES string of the molecule is CCCCCCC1=Cc2cc(F)c(-c3ccc(OC(F)(F)F)c(F)c3)cc2CC1.CCCCCCCC1=Cc2cc(F)c(-c3ccc(OC(F)(F)F)c(F)c3)cc2CC1. The van der Waals surface area contributed by atoms with Gasteiger partial charge in [-0.15, -0.1) is 26.3 Å². The Labute approximate surface area is 338 Å². The number of halogens is 10. The Morgan fingerprint density at radius 1 is 0.458 bits per heavy atom. The molecule has 0 saturated carbocycles. The van der Waals surface area contributed by atoms with Crippen molar-refractivity contribution in [1.29, 1.82) is 0 Å². The van der Waals surface area contributed by atoms with E-state index in [9.17, 15) is 43.9 Å². The van der Waals surface area contributed by atoms with Gasteiger partial charge in [0.2, 0.25) is 0 Å². The highest BCUT2D eigenvalue weighted by atomic mass is 19.4. The van der Waals surface area contributed by atoms with Crippen molar-refractivity contribution < 1.29 is 53.4 Å². The van der Waals surface area contributed by atoms with Gasteiger partial charge in [0.15, 0.2) is 23.1 Å². The molecule has 318 valence electrons. The van der Waals surface area contributed by atoms with Gasteiger partial charge in [-0.05, 0) is 133 Å². The van der Waals surface area contributed by atoms with Crippen LogP contribution in [0.2, 0.25) is 0 Å². The van der Waals surface area contributed by atoms with Crippen molar-refractivity contribution in [3.8, 4) is 33.8 Å². The molecule has 12 heteroatoms. The minimum Gasteiger partial charge on any atom is -0.403 e. The number of rotatable bonds is 15. The van der Waals surface area contributed by atoms with Gasteiger partial charge in [0, 0.05) is 11.1 Å². The molecule has 6 rings (SSSR count). The number of ether oxygens (including phenoxy) is 2. The molecule has 0 spiro atoms. The summed E-state index contributed by atoms with van der Waals surface area (Å²) in [5.74, 6) is -5.31. The molecule has 2 aliphatic carbocycles. The van der Waals surface area contributed by atoms with E-state index < -0.39 is 47.5 Å². The minimum absolute atomic E-state index is 0.168. The molecule has 4 aromatic carbocycles. The maximum atomic E-state index is 14.7. The first-order chi connectivity index (χ1) is 28.0. The maximum Gasteiger partial charge on any atom is 0.573 e. The third kappa shape index (κ3) is 13.4. The lowest BCUT2D eigenvalue weighted by Crippen LogP contribution is -2.17. The number of alkyl halides is 6. The van der Waals surface area contributed by atoms with Crippen LogP contribution in [-0.2, 0) is 12.8 Å². The highest BCUT2D eigenvalue weighted by Crippen LogP contribution is 2.37. The van der Waals surface area contributed by atoms with Crippen LogP contribution in [0, 0.1) is 23.3 Å². The Morgan fingerprint density at radius 3 is 1.22 bits per heavy atom. The van der Waals surface area contributed by atoms with Crippen molar-refractivity contribution in [1.82, 2.24) is 0 Å². The second kappa shape index (κ2) is 20.5. The monoisotopic (exact) mass is 834 g/mol. The standard InChI is InChI=1S/C24H25F5O.C23H23F5O/c1-2-3-4-5-6-7-16-8-9-17-13-20(21(25)15-19(17)12-16)18-10-11-23(22(26)14-18)30-24(27,28)29;1-2-3-4-5-6-15-7-8-16-12-19(20(24)14-18(16)11-15)17-9-10-22(21(25)13-17)29-23(26,27)28/h10-15H,2-9H2,1H3;9-14H,2-8H2,1H3. The van der Waals surface area contributed by atoms with Crippen molar-refractivity contribution >= 4 is 12.2 Å². The Balaban J connectivity index is 0.000000224. The lowest BCUT2D eigenvalue weighted by molar-refractivity contribution is -0.276. The molecule has 0 heterocycles. The number of hydrogen-bond acceptors (Lipinski definition) is 2. The Morgan fingerprint density at radius 2 is 0.847 bits per heavy atom. The third-order valence-corrected chi connectivity index (χ3v) is 10.5. The highest BCUT2D eigenvalue weighted by Gasteiger charge is 2.33. The van der Waals surface area contributed by atoms with Crippen molar-refractivity contribution in [2.45, 2.75) is 123 Å². The summed E-state index contributed by atoms with van der Waals surface area (Å²) in [5, 5.41) is 0. The van der Waals surface area contributed by atoms with Gasteiger partial charge in [-0.3, -0.25) is 0 Å². The summed E-state index contributed by atoms with van der Waals surface area (Å²) in [6, 6.07) is 12.1. The van der Waals surface area contributed by atoms with E-state index in [0.29, 0.717) is 0 Å². The fourth-order valence-electron chi connectivity index (χ4n) is 7.47. The second-order valence-corrected chi connectivity index (χ2v) is 15.0. The fourth-order valence-corrected chi connectivity index (χ4v) is 7.47. The van der Waals surface area contributed by atoms with Gasteiger partial charge < -0.3 is 9.47 Å².